The van der Waals surface area contributed by atoms with Gasteiger partial charge >= 0.3 is 11.9 Å². The van der Waals surface area contributed by atoms with Gasteiger partial charge in [-0.3, -0.25) is 24.3 Å². The number of ether oxygens (including phenoxy) is 2. The van der Waals surface area contributed by atoms with Gasteiger partial charge in [-0.05, 0) is 23.1 Å². The van der Waals surface area contributed by atoms with Crippen LogP contribution >= 0.6 is 23.1 Å². The number of nitrogens with zero attached hydrogens (tertiary/aromatic N) is 4. The van der Waals surface area contributed by atoms with Crippen LogP contribution in [0.4, 0.5) is 5.13 Å². The first-order chi connectivity index (χ1) is 19.6. The molecule has 0 bridgehead atoms. The zero-order valence-corrected chi connectivity index (χ0v) is 24.0. The molecule has 216 valence electrons. The van der Waals surface area contributed by atoms with E-state index in [-0.39, 0.29) is 28.9 Å². The number of thioether (sulfide) groups is 1. The van der Waals surface area contributed by atoms with Crippen molar-refractivity contribution in [3.63, 3.8) is 0 Å². The lowest BCUT2D eigenvalue weighted by Gasteiger charge is -2.49. The normalized spacial score (nSPS) is 19.6. The summed E-state index contributed by atoms with van der Waals surface area (Å²) >= 11 is 2.38. The number of allylic oxidation sites excluding steroid dienone is 1. The largest absolute Gasteiger partial charge is 0.425 e. The fourth-order valence-electron chi connectivity index (χ4n) is 4.05. The van der Waals surface area contributed by atoms with Crippen molar-refractivity contribution in [1.29, 1.82) is 0 Å². The van der Waals surface area contributed by atoms with E-state index in [9.17, 15) is 24.4 Å². The molecule has 2 aliphatic heterocycles. The summed E-state index contributed by atoms with van der Waals surface area (Å²) in [6.07, 6.45) is 5.66. The minimum Gasteiger partial charge on any atom is -0.425 e. The quantitative estimate of drug-likeness (QED) is 0.0906. The van der Waals surface area contributed by atoms with Crippen LogP contribution in [0.15, 0.2) is 52.4 Å². The Morgan fingerprint density at radius 2 is 2.07 bits per heavy atom. The number of hydrogen-bond donors (Lipinski definition) is 3. The predicted octanol–water partition coefficient (Wildman–Crippen LogP) is 2.14. The second-order valence-electron chi connectivity index (χ2n) is 9.43. The van der Waals surface area contributed by atoms with E-state index < -0.39 is 47.2 Å². The molecule has 0 unspecified atom stereocenters. The van der Waals surface area contributed by atoms with Gasteiger partial charge < -0.3 is 25.7 Å². The lowest BCUT2D eigenvalue weighted by Crippen LogP contribution is -2.71. The van der Waals surface area contributed by atoms with E-state index in [2.05, 4.69) is 20.4 Å². The molecule has 0 aromatic carbocycles. The average molecular weight is 601 g/mol. The number of hydrogen-bond acceptors (Lipinski definition) is 13. The highest BCUT2D eigenvalue weighted by Crippen LogP contribution is 2.41. The summed E-state index contributed by atoms with van der Waals surface area (Å²) in [5.74, 6) is -2.43. The minimum absolute atomic E-state index is 0.0283. The third-order valence-corrected chi connectivity index (χ3v) is 7.84. The van der Waals surface area contributed by atoms with Crippen molar-refractivity contribution in [2.24, 2.45) is 11.1 Å². The van der Waals surface area contributed by atoms with E-state index in [0.717, 1.165) is 16.9 Å². The average Bonchev–Trinajstić information content (AvgIpc) is 3.35. The van der Waals surface area contributed by atoms with Crippen LogP contribution in [-0.2, 0) is 28.7 Å². The Labute approximate surface area is 243 Å². The Morgan fingerprint density at radius 3 is 2.71 bits per heavy atom. The molecule has 15 heteroatoms. The molecule has 2 aliphatic rings. The Bertz CT molecular complexity index is 1420. The summed E-state index contributed by atoms with van der Waals surface area (Å²) in [6.45, 7) is 5.13. The van der Waals surface area contributed by atoms with Crippen molar-refractivity contribution in [2.75, 3.05) is 11.5 Å². The van der Waals surface area contributed by atoms with E-state index in [0.29, 0.717) is 11.3 Å². The molecular formula is C26H28N6O7S2. The van der Waals surface area contributed by atoms with E-state index >= 15 is 0 Å². The Balaban J connectivity index is 1.55. The van der Waals surface area contributed by atoms with Crippen LogP contribution in [0, 0.1) is 5.92 Å². The summed E-state index contributed by atoms with van der Waals surface area (Å²) in [7, 11) is 0. The maximum absolute atomic E-state index is 13.4. The number of rotatable bonds is 10. The summed E-state index contributed by atoms with van der Waals surface area (Å²) in [6, 6.07) is 2.57. The Kier molecular flexibility index (Phi) is 9.39. The SMILES string of the molecule is CC(C)CC(=O)O[C@H](C)OC(=O)C1=C(/C=C\c2cccnc2)CS[C@@H]2[C@H](NC(=O)/C(=N\O)c3csc(N)n3)C(=O)N12. The molecule has 2 amide bonds. The number of esters is 2. The van der Waals surface area contributed by atoms with Gasteiger partial charge in [-0.15, -0.1) is 23.1 Å². The molecule has 1 fully saturated rings. The molecule has 4 heterocycles. The number of fused-ring (bicyclic) bond motifs is 1. The van der Waals surface area contributed by atoms with Gasteiger partial charge in [-0.1, -0.05) is 37.2 Å². The minimum atomic E-state index is -1.20. The molecule has 0 saturated carbocycles. The van der Waals surface area contributed by atoms with Gasteiger partial charge in [-0.2, -0.15) is 0 Å². The van der Waals surface area contributed by atoms with E-state index in [1.165, 1.54) is 29.0 Å². The lowest BCUT2D eigenvalue weighted by atomic mass is 10.0. The number of nitrogen functional groups attached to an aromatic ring is 1. The number of oxime groups is 1. The Hall–Kier alpha value is -4.24. The van der Waals surface area contributed by atoms with Crippen LogP contribution < -0.4 is 11.1 Å². The number of aromatic nitrogens is 2. The van der Waals surface area contributed by atoms with Crippen LogP contribution in [0.25, 0.3) is 6.08 Å². The number of thiazole rings is 1. The number of nitrogens with two attached hydrogens (primary N) is 1. The Morgan fingerprint density at radius 1 is 1.29 bits per heavy atom. The van der Waals surface area contributed by atoms with E-state index in [1.54, 1.807) is 30.6 Å². The van der Waals surface area contributed by atoms with E-state index in [1.807, 2.05) is 19.9 Å². The van der Waals surface area contributed by atoms with Crippen LogP contribution in [0.2, 0.25) is 0 Å². The molecule has 13 nitrogen and oxygen atoms in total. The van der Waals surface area contributed by atoms with Gasteiger partial charge in [-0.25, -0.2) is 9.78 Å². The van der Waals surface area contributed by atoms with Gasteiger partial charge in [0.2, 0.25) is 6.29 Å². The van der Waals surface area contributed by atoms with Crippen molar-refractivity contribution in [2.45, 2.75) is 44.9 Å². The van der Waals surface area contributed by atoms with Crippen LogP contribution in [0.5, 0.6) is 0 Å². The highest BCUT2D eigenvalue weighted by atomic mass is 32.2. The first-order valence-corrected chi connectivity index (χ1v) is 14.4. The number of carbonyl (C=O) groups is 4. The summed E-state index contributed by atoms with van der Waals surface area (Å²) in [4.78, 5) is 60.8. The number of amides is 2. The molecule has 2 aromatic heterocycles. The molecule has 4 N–H and O–H groups in total. The third kappa shape index (κ3) is 6.92. The molecule has 41 heavy (non-hydrogen) atoms. The van der Waals surface area contributed by atoms with Gasteiger partial charge in [0.05, 0.1) is 0 Å². The topological polar surface area (TPSA) is 186 Å². The zero-order chi connectivity index (χ0) is 29.7. The van der Waals surface area contributed by atoms with Crippen LogP contribution in [0.1, 0.15) is 38.4 Å². The highest BCUT2D eigenvalue weighted by molar-refractivity contribution is 8.00. The monoisotopic (exact) mass is 600 g/mol. The summed E-state index contributed by atoms with van der Waals surface area (Å²) in [5, 5.41) is 15.9. The maximum Gasteiger partial charge on any atom is 0.358 e. The summed E-state index contributed by atoms with van der Waals surface area (Å²) < 4.78 is 10.6. The number of pyridine rings is 1. The molecule has 0 spiro atoms. The molecule has 3 atom stereocenters. The fraction of sp³-hybridized carbons (Fsp3) is 0.346. The zero-order valence-electron chi connectivity index (χ0n) is 22.3. The van der Waals surface area contributed by atoms with Crippen molar-refractivity contribution in [1.82, 2.24) is 20.2 Å². The molecule has 4 rings (SSSR count). The standard InChI is InChI=1S/C26H28N6O7S2/c1-13(2)9-18(33)38-14(3)39-25(36)21-16(7-6-15-5-4-8-28-10-15)11-40-24-20(23(35)32(21)24)30-22(34)19(31-37)17-12-41-26(27)29-17/h4-8,10,12-14,20,24,37H,9,11H2,1-3H3,(H2,27,29)(H,30,34)/b7-6-,31-19-/t14-,20+,24+/m0/s1. The van der Waals surface area contributed by atoms with E-state index in [4.69, 9.17) is 15.2 Å². The smallest absolute Gasteiger partial charge is 0.358 e. The second-order valence-corrected chi connectivity index (χ2v) is 11.4. The fourth-order valence-corrected chi connectivity index (χ4v) is 5.91. The number of β-lactam (4-membered cyclic amide) rings is 1. The van der Waals surface area contributed by atoms with Gasteiger partial charge in [0, 0.05) is 36.9 Å². The predicted molar refractivity (Wildman–Crippen MR) is 151 cm³/mol. The number of carbonyl (C=O) groups excluding carboxylic acids is 4. The molecular weight excluding hydrogens is 572 g/mol. The van der Waals surface area contributed by atoms with Gasteiger partial charge in [0.25, 0.3) is 11.8 Å². The molecule has 1 saturated heterocycles. The van der Waals surface area contributed by atoms with Gasteiger partial charge in [0.1, 0.15) is 22.8 Å². The first kappa shape index (κ1) is 29.7. The first-order valence-electron chi connectivity index (χ1n) is 12.5. The van der Waals surface area contributed by atoms with Crippen molar-refractivity contribution < 1.29 is 33.9 Å². The molecule has 0 aliphatic carbocycles. The molecule has 2 aromatic rings. The second kappa shape index (κ2) is 13.0. The maximum atomic E-state index is 13.4. The highest BCUT2D eigenvalue weighted by Gasteiger charge is 2.54. The number of anilines is 1. The van der Waals surface area contributed by atoms with Crippen molar-refractivity contribution >= 4 is 63.8 Å². The van der Waals surface area contributed by atoms with Crippen LogP contribution in [0.3, 0.4) is 0 Å². The van der Waals surface area contributed by atoms with Crippen LogP contribution in [-0.4, -0.2) is 73.0 Å². The van der Waals surface area contributed by atoms with Gasteiger partial charge in [0.15, 0.2) is 10.8 Å². The molecule has 0 radical (unpaired) electrons. The third-order valence-electron chi connectivity index (χ3n) is 5.86. The van der Waals surface area contributed by atoms with Crippen molar-refractivity contribution in [3.8, 4) is 0 Å². The summed E-state index contributed by atoms with van der Waals surface area (Å²) in [5.41, 5.74) is 6.50. The van der Waals surface area contributed by atoms with Crippen molar-refractivity contribution in [3.05, 3.63) is 58.5 Å². The number of nitrogens with one attached hydrogen (secondary N) is 1. The lowest BCUT2D eigenvalue weighted by molar-refractivity contribution is -0.184.